The minimum atomic E-state index is -0.263. The molecule has 1 amide bonds. The molecule has 0 saturated carbocycles. The largest absolute Gasteiger partial charge is 0.272 e. The number of hydrogen-bond donors (Lipinski definition) is 1. The minimum Gasteiger partial charge on any atom is -0.267 e. The van der Waals surface area contributed by atoms with Crippen molar-refractivity contribution in [2.24, 2.45) is 16.9 Å². The van der Waals surface area contributed by atoms with Crippen LogP contribution in [0.1, 0.15) is 50.9 Å². The molecule has 0 fully saturated rings. The van der Waals surface area contributed by atoms with Crippen molar-refractivity contribution < 1.29 is 4.79 Å². The molecule has 1 aromatic rings. The van der Waals surface area contributed by atoms with E-state index in [2.05, 4.69) is 38.2 Å². The summed E-state index contributed by atoms with van der Waals surface area (Å²) in [6.45, 7) is 8.58. The van der Waals surface area contributed by atoms with Crippen molar-refractivity contribution in [2.75, 3.05) is 0 Å². The molecule has 0 aliphatic carbocycles. The van der Waals surface area contributed by atoms with Crippen molar-refractivity contribution >= 4 is 23.2 Å². The molecule has 3 nitrogen and oxygen atoms in total. The van der Waals surface area contributed by atoms with Gasteiger partial charge in [0.1, 0.15) is 0 Å². The third kappa shape index (κ3) is 5.74. The number of carbonyl (C=O) groups is 1. The second-order valence-corrected chi connectivity index (χ2v) is 6.20. The zero-order valence-electron chi connectivity index (χ0n) is 12.6. The summed E-state index contributed by atoms with van der Waals surface area (Å²) in [4.78, 5) is 12.0. The van der Waals surface area contributed by atoms with E-state index in [0.29, 0.717) is 22.4 Å². The Bertz CT molecular complexity index is 469. The van der Waals surface area contributed by atoms with Crippen molar-refractivity contribution in [1.29, 1.82) is 0 Å². The molecular weight excluding hydrogens is 272 g/mol. The minimum absolute atomic E-state index is 0.263. The summed E-state index contributed by atoms with van der Waals surface area (Å²) in [5, 5.41) is 4.72. The number of halogens is 1. The number of carbonyl (C=O) groups excluding carboxylic acids is 1. The highest BCUT2D eigenvalue weighted by atomic mass is 35.5. The van der Waals surface area contributed by atoms with Crippen molar-refractivity contribution in [1.82, 2.24) is 5.43 Å². The van der Waals surface area contributed by atoms with Crippen LogP contribution in [-0.2, 0) is 0 Å². The third-order valence-corrected chi connectivity index (χ3v) is 3.05. The van der Waals surface area contributed by atoms with Crippen LogP contribution >= 0.6 is 11.6 Å². The number of amides is 1. The van der Waals surface area contributed by atoms with Gasteiger partial charge >= 0.3 is 0 Å². The first-order valence-corrected chi connectivity index (χ1v) is 7.38. The standard InChI is InChI=1S/C16H23ClN2O/c1-11(2)9-13(10-12(3)4)18-19-16(20)14-7-5-6-8-15(14)17/h5-8,11-12H,9-10H2,1-4H3,(H,19,20). The highest BCUT2D eigenvalue weighted by Crippen LogP contribution is 2.15. The van der Waals surface area contributed by atoms with Gasteiger partial charge in [0.05, 0.1) is 10.6 Å². The Kier molecular flexibility index (Phi) is 6.73. The first-order chi connectivity index (χ1) is 9.40. The highest BCUT2D eigenvalue weighted by Gasteiger charge is 2.10. The van der Waals surface area contributed by atoms with Gasteiger partial charge in [0.2, 0.25) is 0 Å². The van der Waals surface area contributed by atoms with Crippen LogP contribution in [0.2, 0.25) is 5.02 Å². The molecule has 0 atom stereocenters. The maximum Gasteiger partial charge on any atom is 0.272 e. The fourth-order valence-corrected chi connectivity index (χ4v) is 2.17. The van der Waals surface area contributed by atoms with E-state index in [9.17, 15) is 4.79 Å². The molecule has 0 unspecified atom stereocenters. The van der Waals surface area contributed by atoms with E-state index in [1.165, 1.54) is 0 Å². The van der Waals surface area contributed by atoms with E-state index in [4.69, 9.17) is 11.6 Å². The first kappa shape index (κ1) is 16.7. The van der Waals surface area contributed by atoms with Gasteiger partial charge in [0.15, 0.2) is 0 Å². The van der Waals surface area contributed by atoms with E-state index in [1.54, 1.807) is 24.3 Å². The first-order valence-electron chi connectivity index (χ1n) is 7.00. The second kappa shape index (κ2) is 8.05. The molecule has 0 aromatic heterocycles. The summed E-state index contributed by atoms with van der Waals surface area (Å²) in [5.41, 5.74) is 4.09. The topological polar surface area (TPSA) is 41.5 Å². The number of nitrogens with one attached hydrogen (secondary N) is 1. The van der Waals surface area contributed by atoms with E-state index >= 15 is 0 Å². The van der Waals surface area contributed by atoms with Gasteiger partial charge in [0, 0.05) is 5.71 Å². The van der Waals surface area contributed by atoms with Crippen molar-refractivity contribution in [3.8, 4) is 0 Å². The fourth-order valence-electron chi connectivity index (χ4n) is 1.95. The number of benzene rings is 1. The predicted octanol–water partition coefficient (Wildman–Crippen LogP) is 4.52. The van der Waals surface area contributed by atoms with E-state index in [-0.39, 0.29) is 5.91 Å². The summed E-state index contributed by atoms with van der Waals surface area (Å²) in [5.74, 6) is 0.773. The Morgan fingerprint density at radius 1 is 1.15 bits per heavy atom. The molecule has 4 heteroatoms. The molecular formula is C16H23ClN2O. The van der Waals surface area contributed by atoms with Crippen LogP contribution in [0.25, 0.3) is 0 Å². The van der Waals surface area contributed by atoms with Gasteiger partial charge in [-0.05, 0) is 36.8 Å². The van der Waals surface area contributed by atoms with Gasteiger partial charge < -0.3 is 0 Å². The van der Waals surface area contributed by atoms with Crippen LogP contribution < -0.4 is 5.43 Å². The van der Waals surface area contributed by atoms with Gasteiger partial charge in [-0.15, -0.1) is 0 Å². The lowest BCUT2D eigenvalue weighted by Gasteiger charge is -2.12. The van der Waals surface area contributed by atoms with Crippen LogP contribution in [0.4, 0.5) is 0 Å². The van der Waals surface area contributed by atoms with E-state index < -0.39 is 0 Å². The van der Waals surface area contributed by atoms with Gasteiger partial charge in [-0.3, -0.25) is 4.79 Å². The lowest BCUT2D eigenvalue weighted by atomic mass is 9.99. The van der Waals surface area contributed by atoms with Crippen molar-refractivity contribution in [3.63, 3.8) is 0 Å². The maximum atomic E-state index is 12.0. The number of hydrazone groups is 1. The Morgan fingerprint density at radius 2 is 1.70 bits per heavy atom. The Hall–Kier alpha value is -1.35. The smallest absolute Gasteiger partial charge is 0.267 e. The summed E-state index contributed by atoms with van der Waals surface area (Å²) >= 11 is 5.99. The zero-order chi connectivity index (χ0) is 15.1. The molecule has 0 spiro atoms. The number of hydrogen-bond acceptors (Lipinski definition) is 2. The average Bonchev–Trinajstić information content (AvgIpc) is 2.34. The Balaban J connectivity index is 2.76. The predicted molar refractivity (Wildman–Crippen MR) is 85.3 cm³/mol. The highest BCUT2D eigenvalue weighted by molar-refractivity contribution is 6.33. The van der Waals surface area contributed by atoms with Gasteiger partial charge in [-0.2, -0.15) is 5.10 Å². The molecule has 0 aliphatic heterocycles. The molecule has 0 aliphatic rings. The normalized spacial score (nSPS) is 10.8. The molecule has 20 heavy (non-hydrogen) atoms. The van der Waals surface area contributed by atoms with Crippen LogP contribution in [0.15, 0.2) is 29.4 Å². The van der Waals surface area contributed by atoms with Crippen molar-refractivity contribution in [3.05, 3.63) is 34.9 Å². The second-order valence-electron chi connectivity index (χ2n) is 5.79. The van der Waals surface area contributed by atoms with Crippen LogP contribution in [0.5, 0.6) is 0 Å². The van der Waals surface area contributed by atoms with Crippen LogP contribution in [0.3, 0.4) is 0 Å². The summed E-state index contributed by atoms with van der Waals surface area (Å²) in [6.07, 6.45) is 1.78. The molecule has 1 N–H and O–H groups in total. The maximum absolute atomic E-state index is 12.0. The third-order valence-electron chi connectivity index (χ3n) is 2.72. The average molecular weight is 295 g/mol. The molecule has 0 heterocycles. The fraction of sp³-hybridized carbons (Fsp3) is 0.500. The molecule has 0 radical (unpaired) electrons. The molecule has 0 saturated heterocycles. The van der Waals surface area contributed by atoms with Crippen LogP contribution in [0, 0.1) is 11.8 Å². The van der Waals surface area contributed by atoms with E-state index in [0.717, 1.165) is 18.6 Å². The molecule has 0 bridgehead atoms. The number of nitrogens with zero attached hydrogens (tertiary/aromatic N) is 1. The van der Waals surface area contributed by atoms with Gasteiger partial charge in [-0.1, -0.05) is 51.4 Å². The summed E-state index contributed by atoms with van der Waals surface area (Å²) in [7, 11) is 0. The Labute approximate surface area is 126 Å². The number of rotatable bonds is 6. The monoisotopic (exact) mass is 294 g/mol. The lowest BCUT2D eigenvalue weighted by Crippen LogP contribution is -2.21. The Morgan fingerprint density at radius 3 is 2.20 bits per heavy atom. The summed E-state index contributed by atoms with van der Waals surface area (Å²) in [6, 6.07) is 6.97. The van der Waals surface area contributed by atoms with Gasteiger partial charge in [-0.25, -0.2) is 5.43 Å². The SMILES string of the molecule is CC(C)CC(CC(C)C)=NNC(=O)c1ccccc1Cl. The zero-order valence-corrected chi connectivity index (χ0v) is 13.4. The molecule has 1 rings (SSSR count). The summed E-state index contributed by atoms with van der Waals surface area (Å²) < 4.78 is 0. The molecule has 1 aromatic carbocycles. The van der Waals surface area contributed by atoms with E-state index in [1.807, 2.05) is 0 Å². The van der Waals surface area contributed by atoms with Crippen molar-refractivity contribution in [2.45, 2.75) is 40.5 Å². The molecule has 110 valence electrons. The quantitative estimate of drug-likeness (QED) is 0.608. The van der Waals surface area contributed by atoms with Crippen LogP contribution in [-0.4, -0.2) is 11.6 Å². The van der Waals surface area contributed by atoms with Gasteiger partial charge in [0.25, 0.3) is 5.91 Å². The lowest BCUT2D eigenvalue weighted by molar-refractivity contribution is 0.0954.